The van der Waals surface area contributed by atoms with E-state index >= 15 is 0 Å². The molecule has 1 fully saturated rings. The Balaban J connectivity index is 2.19. The van der Waals surface area contributed by atoms with Crippen molar-refractivity contribution in [3.63, 3.8) is 0 Å². The minimum atomic E-state index is -0.170. The molecule has 2 atom stereocenters. The number of anilines is 1. The summed E-state index contributed by atoms with van der Waals surface area (Å²) < 4.78 is 13.9. The average Bonchev–Trinajstić information content (AvgIpc) is 2.34. The van der Waals surface area contributed by atoms with Crippen molar-refractivity contribution in [2.24, 2.45) is 0 Å². The lowest BCUT2D eigenvalue weighted by molar-refractivity contribution is 0.153. The van der Waals surface area contributed by atoms with Crippen LogP contribution in [0.25, 0.3) is 0 Å². The van der Waals surface area contributed by atoms with Crippen LogP contribution in [0.1, 0.15) is 13.3 Å². The second-order valence-electron chi connectivity index (χ2n) is 5.06. The topological polar surface area (TPSA) is 26.7 Å². The van der Waals surface area contributed by atoms with Crippen LogP contribution in [-0.2, 0) is 0 Å². The lowest BCUT2D eigenvalue weighted by atomic mass is 10.0. The van der Waals surface area contributed by atoms with Gasteiger partial charge in [-0.25, -0.2) is 4.39 Å². The van der Waals surface area contributed by atoms with Crippen LogP contribution in [0.15, 0.2) is 24.3 Å². The SMILES string of the molecule is CC1CN(C)C(CCO)CN1c1ccccc1F. The Morgan fingerprint density at radius 2 is 2.06 bits per heavy atom. The van der Waals surface area contributed by atoms with Crippen LogP contribution in [0.5, 0.6) is 0 Å². The monoisotopic (exact) mass is 252 g/mol. The van der Waals surface area contributed by atoms with Gasteiger partial charge in [0, 0.05) is 31.8 Å². The first kappa shape index (κ1) is 13.3. The molecule has 0 spiro atoms. The molecule has 0 aliphatic carbocycles. The molecule has 18 heavy (non-hydrogen) atoms. The van der Waals surface area contributed by atoms with E-state index in [1.165, 1.54) is 6.07 Å². The highest BCUT2D eigenvalue weighted by Gasteiger charge is 2.30. The fourth-order valence-corrected chi connectivity index (χ4v) is 2.69. The molecular weight excluding hydrogens is 231 g/mol. The smallest absolute Gasteiger partial charge is 0.146 e. The van der Waals surface area contributed by atoms with Crippen molar-refractivity contribution in [3.8, 4) is 0 Å². The van der Waals surface area contributed by atoms with E-state index in [-0.39, 0.29) is 24.5 Å². The second kappa shape index (κ2) is 5.67. The van der Waals surface area contributed by atoms with Crippen molar-refractivity contribution >= 4 is 5.69 Å². The number of rotatable bonds is 3. The van der Waals surface area contributed by atoms with Crippen molar-refractivity contribution in [2.75, 3.05) is 31.6 Å². The molecule has 4 heteroatoms. The van der Waals surface area contributed by atoms with Crippen LogP contribution in [0, 0.1) is 5.82 Å². The highest BCUT2D eigenvalue weighted by Crippen LogP contribution is 2.25. The maximum absolute atomic E-state index is 13.9. The maximum atomic E-state index is 13.9. The summed E-state index contributed by atoms with van der Waals surface area (Å²) in [5.74, 6) is -0.170. The van der Waals surface area contributed by atoms with E-state index in [1.807, 2.05) is 12.1 Å². The molecule has 3 nitrogen and oxygen atoms in total. The third-order valence-electron chi connectivity index (χ3n) is 3.74. The van der Waals surface area contributed by atoms with E-state index in [9.17, 15) is 4.39 Å². The van der Waals surface area contributed by atoms with Crippen LogP contribution in [0.3, 0.4) is 0 Å². The van der Waals surface area contributed by atoms with E-state index in [4.69, 9.17) is 5.11 Å². The van der Waals surface area contributed by atoms with Gasteiger partial charge in [0.2, 0.25) is 0 Å². The van der Waals surface area contributed by atoms with Gasteiger partial charge in [0.1, 0.15) is 5.82 Å². The molecule has 1 N–H and O–H groups in total. The van der Waals surface area contributed by atoms with E-state index in [0.29, 0.717) is 5.69 Å². The van der Waals surface area contributed by atoms with Gasteiger partial charge >= 0.3 is 0 Å². The number of nitrogens with zero attached hydrogens (tertiary/aromatic N) is 2. The standard InChI is InChI=1S/C14H21FN2O/c1-11-9-16(2)12(7-8-18)10-17(11)14-6-4-3-5-13(14)15/h3-6,11-12,18H,7-10H2,1-2H3. The zero-order valence-corrected chi connectivity index (χ0v) is 11.0. The number of para-hydroxylation sites is 1. The van der Waals surface area contributed by atoms with Gasteiger partial charge in [0.05, 0.1) is 5.69 Å². The van der Waals surface area contributed by atoms with Crippen LogP contribution >= 0.6 is 0 Å². The van der Waals surface area contributed by atoms with Gasteiger partial charge in [0.15, 0.2) is 0 Å². The molecule has 2 unspecified atom stereocenters. The van der Waals surface area contributed by atoms with E-state index in [0.717, 1.165) is 19.5 Å². The number of piperazine rings is 1. The molecule has 1 aliphatic heterocycles. The van der Waals surface area contributed by atoms with Crippen LogP contribution in [-0.4, -0.2) is 48.8 Å². The Bertz CT molecular complexity index is 399. The number of likely N-dealkylation sites (N-methyl/N-ethyl adjacent to an activating group) is 1. The van der Waals surface area contributed by atoms with Gasteiger partial charge in [-0.3, -0.25) is 4.90 Å². The van der Waals surface area contributed by atoms with Crippen molar-refractivity contribution in [1.29, 1.82) is 0 Å². The van der Waals surface area contributed by atoms with Gasteiger partial charge < -0.3 is 10.0 Å². The molecule has 1 aromatic rings. The molecule has 0 amide bonds. The molecule has 1 saturated heterocycles. The molecule has 1 heterocycles. The van der Waals surface area contributed by atoms with Gasteiger partial charge in [-0.05, 0) is 32.5 Å². The van der Waals surface area contributed by atoms with Crippen LogP contribution < -0.4 is 4.90 Å². The van der Waals surface area contributed by atoms with Gasteiger partial charge in [-0.1, -0.05) is 12.1 Å². The number of aliphatic hydroxyl groups excluding tert-OH is 1. The zero-order chi connectivity index (χ0) is 13.1. The summed E-state index contributed by atoms with van der Waals surface area (Å²) in [6.07, 6.45) is 0.730. The van der Waals surface area contributed by atoms with Crippen molar-refractivity contribution < 1.29 is 9.50 Å². The highest BCUT2D eigenvalue weighted by molar-refractivity contribution is 5.49. The number of aliphatic hydroxyl groups is 1. The second-order valence-corrected chi connectivity index (χ2v) is 5.06. The third-order valence-corrected chi connectivity index (χ3v) is 3.74. The molecular formula is C14H21FN2O. The van der Waals surface area contributed by atoms with E-state index in [2.05, 4.69) is 23.8 Å². The Kier molecular flexibility index (Phi) is 4.19. The fraction of sp³-hybridized carbons (Fsp3) is 0.571. The summed E-state index contributed by atoms with van der Waals surface area (Å²) >= 11 is 0. The van der Waals surface area contributed by atoms with E-state index in [1.54, 1.807) is 6.07 Å². The summed E-state index contributed by atoms with van der Waals surface area (Å²) in [5.41, 5.74) is 0.668. The first-order valence-electron chi connectivity index (χ1n) is 6.45. The third kappa shape index (κ3) is 2.65. The molecule has 0 aromatic heterocycles. The Morgan fingerprint density at radius 3 is 2.72 bits per heavy atom. The predicted octanol–water partition coefficient (Wildman–Crippen LogP) is 1.72. The summed E-state index contributed by atoms with van der Waals surface area (Å²) in [5, 5.41) is 9.09. The Hall–Kier alpha value is -1.13. The summed E-state index contributed by atoms with van der Waals surface area (Å²) in [6, 6.07) is 7.47. The fourth-order valence-electron chi connectivity index (χ4n) is 2.69. The number of benzene rings is 1. The summed E-state index contributed by atoms with van der Waals surface area (Å²) in [7, 11) is 2.06. The van der Waals surface area contributed by atoms with Gasteiger partial charge in [0.25, 0.3) is 0 Å². The quantitative estimate of drug-likeness (QED) is 0.887. The first-order valence-corrected chi connectivity index (χ1v) is 6.45. The number of hydrogen-bond donors (Lipinski definition) is 1. The summed E-state index contributed by atoms with van der Waals surface area (Å²) in [6.45, 7) is 3.94. The van der Waals surface area contributed by atoms with Crippen molar-refractivity contribution in [2.45, 2.75) is 25.4 Å². The van der Waals surface area contributed by atoms with Gasteiger partial charge in [-0.2, -0.15) is 0 Å². The number of hydrogen-bond acceptors (Lipinski definition) is 3. The van der Waals surface area contributed by atoms with E-state index < -0.39 is 0 Å². The molecule has 1 aromatic carbocycles. The average molecular weight is 252 g/mol. The van der Waals surface area contributed by atoms with Crippen molar-refractivity contribution in [1.82, 2.24) is 4.90 Å². The molecule has 0 radical (unpaired) electrons. The zero-order valence-electron chi connectivity index (χ0n) is 11.0. The lowest BCUT2D eigenvalue weighted by Crippen LogP contribution is -2.56. The lowest BCUT2D eigenvalue weighted by Gasteiger charge is -2.45. The maximum Gasteiger partial charge on any atom is 0.146 e. The Labute approximate surface area is 108 Å². The first-order chi connectivity index (χ1) is 8.63. The molecule has 1 aliphatic rings. The largest absolute Gasteiger partial charge is 0.396 e. The summed E-state index contributed by atoms with van der Waals surface area (Å²) in [4.78, 5) is 4.36. The van der Waals surface area contributed by atoms with Crippen LogP contribution in [0.4, 0.5) is 10.1 Å². The molecule has 0 bridgehead atoms. The normalized spacial score (nSPS) is 25.4. The Morgan fingerprint density at radius 1 is 1.33 bits per heavy atom. The minimum Gasteiger partial charge on any atom is -0.396 e. The molecule has 0 saturated carbocycles. The highest BCUT2D eigenvalue weighted by atomic mass is 19.1. The number of halogens is 1. The minimum absolute atomic E-state index is 0.170. The van der Waals surface area contributed by atoms with Crippen LogP contribution in [0.2, 0.25) is 0 Å². The van der Waals surface area contributed by atoms with Crippen molar-refractivity contribution in [3.05, 3.63) is 30.1 Å². The molecule has 2 rings (SSSR count). The van der Waals surface area contributed by atoms with Gasteiger partial charge in [-0.15, -0.1) is 0 Å². The predicted molar refractivity (Wildman–Crippen MR) is 71.3 cm³/mol. The molecule has 100 valence electrons.